The van der Waals surface area contributed by atoms with Gasteiger partial charge in [0.2, 0.25) is 5.91 Å². The van der Waals surface area contributed by atoms with Gasteiger partial charge in [0, 0.05) is 18.7 Å². The summed E-state index contributed by atoms with van der Waals surface area (Å²) in [4.78, 5) is 12.7. The summed E-state index contributed by atoms with van der Waals surface area (Å²) in [5.41, 5.74) is 0. The van der Waals surface area contributed by atoms with Crippen LogP contribution in [0.3, 0.4) is 0 Å². The predicted molar refractivity (Wildman–Crippen MR) is 63.0 cm³/mol. The first-order valence-electron chi connectivity index (χ1n) is 4.27. The first-order chi connectivity index (χ1) is 6.13. The Kier molecular flexibility index (Phi) is 10.4. The van der Waals surface area contributed by atoms with Gasteiger partial charge in [0.1, 0.15) is 6.73 Å². The van der Waals surface area contributed by atoms with Crippen LogP contribution < -0.4 is 0 Å². The molecule has 0 rings (SSSR count). The molecule has 0 aromatic carbocycles. The zero-order chi connectivity index (χ0) is 10.3. The van der Waals surface area contributed by atoms with Crippen molar-refractivity contribution in [1.29, 1.82) is 0 Å². The largest absolute Gasteiger partial charge is 0.312 e. The van der Waals surface area contributed by atoms with Gasteiger partial charge in [-0.2, -0.15) is 0 Å². The number of rotatable bonds is 6. The predicted octanol–water partition coefficient (Wildman–Crippen LogP) is 2.69. The Balaban J connectivity index is 0. The number of carbonyl (C=O) groups is 1. The SMILES string of the molecule is C.C=CC(C)N(COSCC)C(C)=O. The molecule has 0 saturated heterocycles. The highest BCUT2D eigenvalue weighted by atomic mass is 32.2. The Hall–Kier alpha value is -0.480. The van der Waals surface area contributed by atoms with E-state index in [-0.39, 0.29) is 19.4 Å². The number of amides is 1. The Morgan fingerprint density at radius 1 is 1.71 bits per heavy atom. The third kappa shape index (κ3) is 6.05. The summed E-state index contributed by atoms with van der Waals surface area (Å²) in [7, 11) is 0. The number of nitrogens with zero attached hydrogens (tertiary/aromatic N) is 1. The topological polar surface area (TPSA) is 29.5 Å². The lowest BCUT2D eigenvalue weighted by Gasteiger charge is -2.24. The second-order valence-electron chi connectivity index (χ2n) is 2.62. The van der Waals surface area contributed by atoms with Gasteiger partial charge in [0.25, 0.3) is 0 Å². The molecule has 0 aromatic heterocycles. The lowest BCUT2D eigenvalue weighted by Crippen LogP contribution is -2.36. The molecule has 0 saturated carbocycles. The Bertz CT molecular complexity index is 174. The third-order valence-electron chi connectivity index (χ3n) is 1.63. The Morgan fingerprint density at radius 2 is 2.29 bits per heavy atom. The standard InChI is InChI=1S/C9H17NO2S.CH4/c1-5-8(3)10(9(4)11)7-12-13-6-2;/h5,8H,1,6-7H2,2-4H3;1H4. The molecule has 4 heteroatoms. The minimum absolute atomic E-state index is 0. The lowest BCUT2D eigenvalue weighted by molar-refractivity contribution is -0.132. The van der Waals surface area contributed by atoms with Crippen molar-refractivity contribution >= 4 is 17.9 Å². The highest BCUT2D eigenvalue weighted by molar-refractivity contribution is 7.94. The molecular weight excluding hydrogens is 198 g/mol. The molecule has 1 amide bonds. The monoisotopic (exact) mass is 219 g/mol. The van der Waals surface area contributed by atoms with E-state index < -0.39 is 0 Å². The van der Waals surface area contributed by atoms with Crippen LogP contribution in [0.1, 0.15) is 28.2 Å². The normalized spacial score (nSPS) is 11.4. The zero-order valence-corrected chi connectivity index (χ0v) is 9.26. The molecule has 0 heterocycles. The van der Waals surface area contributed by atoms with E-state index in [1.54, 1.807) is 11.0 Å². The smallest absolute Gasteiger partial charge is 0.221 e. The van der Waals surface area contributed by atoms with Crippen molar-refractivity contribution in [1.82, 2.24) is 4.90 Å². The van der Waals surface area contributed by atoms with Crippen LogP contribution in [-0.2, 0) is 8.98 Å². The van der Waals surface area contributed by atoms with Crippen molar-refractivity contribution in [3.63, 3.8) is 0 Å². The molecule has 0 fully saturated rings. The lowest BCUT2D eigenvalue weighted by atomic mass is 10.3. The fourth-order valence-electron chi connectivity index (χ4n) is 0.800. The Morgan fingerprint density at radius 3 is 2.64 bits per heavy atom. The molecule has 0 bridgehead atoms. The van der Waals surface area contributed by atoms with E-state index in [0.717, 1.165) is 5.75 Å². The van der Waals surface area contributed by atoms with E-state index in [4.69, 9.17) is 4.18 Å². The highest BCUT2D eigenvalue weighted by Gasteiger charge is 2.13. The molecular formula is C10H21NO2S. The second kappa shape index (κ2) is 9.09. The molecule has 1 atom stereocenters. The average Bonchev–Trinajstić information content (AvgIpc) is 2.11. The fraction of sp³-hybridized carbons (Fsp3) is 0.700. The molecule has 0 spiro atoms. The van der Waals surface area contributed by atoms with Crippen LogP contribution in [0.4, 0.5) is 0 Å². The number of hydrogen-bond donors (Lipinski definition) is 0. The van der Waals surface area contributed by atoms with Gasteiger partial charge < -0.3 is 4.90 Å². The van der Waals surface area contributed by atoms with Crippen LogP contribution in [0.2, 0.25) is 0 Å². The molecule has 1 unspecified atom stereocenters. The third-order valence-corrected chi connectivity index (χ3v) is 2.14. The molecule has 0 aromatic rings. The summed E-state index contributed by atoms with van der Waals surface area (Å²) in [6, 6.07) is 0.0231. The van der Waals surface area contributed by atoms with Crippen LogP contribution in [0.5, 0.6) is 0 Å². The van der Waals surface area contributed by atoms with E-state index in [9.17, 15) is 4.79 Å². The Labute approximate surface area is 91.7 Å². The van der Waals surface area contributed by atoms with Gasteiger partial charge in [-0.1, -0.05) is 20.4 Å². The maximum atomic E-state index is 11.1. The van der Waals surface area contributed by atoms with Crippen molar-refractivity contribution in [2.45, 2.75) is 34.2 Å². The van der Waals surface area contributed by atoms with Gasteiger partial charge >= 0.3 is 0 Å². The van der Waals surface area contributed by atoms with Crippen LogP contribution >= 0.6 is 12.0 Å². The molecule has 0 radical (unpaired) electrons. The number of hydrogen-bond acceptors (Lipinski definition) is 3. The first-order valence-corrected chi connectivity index (χ1v) is 5.18. The van der Waals surface area contributed by atoms with Crippen molar-refractivity contribution in [2.24, 2.45) is 0 Å². The molecule has 14 heavy (non-hydrogen) atoms. The maximum Gasteiger partial charge on any atom is 0.221 e. The molecule has 3 nitrogen and oxygen atoms in total. The number of carbonyl (C=O) groups excluding carboxylic acids is 1. The summed E-state index contributed by atoms with van der Waals surface area (Å²) < 4.78 is 5.20. The van der Waals surface area contributed by atoms with Gasteiger partial charge in [-0.25, -0.2) is 0 Å². The van der Waals surface area contributed by atoms with E-state index in [1.807, 2.05) is 13.8 Å². The summed E-state index contributed by atoms with van der Waals surface area (Å²) in [6.07, 6.45) is 1.72. The van der Waals surface area contributed by atoms with Crippen molar-refractivity contribution in [3.05, 3.63) is 12.7 Å². The van der Waals surface area contributed by atoms with E-state index in [2.05, 4.69) is 6.58 Å². The van der Waals surface area contributed by atoms with E-state index >= 15 is 0 Å². The molecule has 0 N–H and O–H groups in total. The van der Waals surface area contributed by atoms with E-state index in [0.29, 0.717) is 6.73 Å². The van der Waals surface area contributed by atoms with Gasteiger partial charge in [0.15, 0.2) is 0 Å². The fourth-order valence-corrected chi connectivity index (χ4v) is 1.15. The molecule has 84 valence electrons. The summed E-state index contributed by atoms with van der Waals surface area (Å²) in [5, 5.41) is 0. The summed E-state index contributed by atoms with van der Waals surface area (Å²) in [6.45, 7) is 9.39. The van der Waals surface area contributed by atoms with Crippen molar-refractivity contribution < 1.29 is 8.98 Å². The van der Waals surface area contributed by atoms with Crippen molar-refractivity contribution in [3.8, 4) is 0 Å². The van der Waals surface area contributed by atoms with Gasteiger partial charge in [-0.3, -0.25) is 8.98 Å². The quantitative estimate of drug-likeness (QED) is 0.298. The van der Waals surface area contributed by atoms with Gasteiger partial charge in [0.05, 0.1) is 0 Å². The van der Waals surface area contributed by atoms with Crippen molar-refractivity contribution in [2.75, 3.05) is 12.5 Å². The molecule has 0 aliphatic rings. The average molecular weight is 219 g/mol. The molecule has 0 aliphatic carbocycles. The summed E-state index contributed by atoms with van der Waals surface area (Å²) in [5.74, 6) is 0.887. The van der Waals surface area contributed by atoms with Crippen LogP contribution in [0.15, 0.2) is 12.7 Å². The van der Waals surface area contributed by atoms with Crippen LogP contribution in [-0.4, -0.2) is 29.3 Å². The second-order valence-corrected chi connectivity index (χ2v) is 3.67. The minimum Gasteiger partial charge on any atom is -0.312 e. The highest BCUT2D eigenvalue weighted by Crippen LogP contribution is 2.06. The van der Waals surface area contributed by atoms with Crippen LogP contribution in [0.25, 0.3) is 0 Å². The summed E-state index contributed by atoms with van der Waals surface area (Å²) >= 11 is 1.35. The van der Waals surface area contributed by atoms with E-state index in [1.165, 1.54) is 19.0 Å². The minimum atomic E-state index is 0. The molecule has 0 aliphatic heterocycles. The van der Waals surface area contributed by atoms with Gasteiger partial charge in [-0.15, -0.1) is 6.58 Å². The maximum absolute atomic E-state index is 11.1. The first kappa shape index (κ1) is 16.0. The van der Waals surface area contributed by atoms with Gasteiger partial charge in [-0.05, 0) is 19.0 Å². The zero-order valence-electron chi connectivity index (χ0n) is 8.45. The van der Waals surface area contributed by atoms with Crippen LogP contribution in [0, 0.1) is 0 Å².